The first-order valence-electron chi connectivity index (χ1n) is 10.7. The minimum atomic E-state index is -4.53. The van der Waals surface area contributed by atoms with Gasteiger partial charge in [-0.1, -0.05) is 48.5 Å². The minimum absolute atomic E-state index is 0.0340. The van der Waals surface area contributed by atoms with Crippen LogP contribution in [0.5, 0.6) is 0 Å². The van der Waals surface area contributed by atoms with E-state index in [4.69, 9.17) is 0 Å². The maximum Gasteiger partial charge on any atom is 0.421 e. The molecule has 1 heterocycles. The van der Waals surface area contributed by atoms with Gasteiger partial charge in [0.25, 0.3) is 6.33 Å². The highest BCUT2D eigenvalue weighted by Gasteiger charge is 2.38. The smallest absolute Gasteiger partial charge is 0.377 e. The quantitative estimate of drug-likeness (QED) is 0.230. The van der Waals surface area contributed by atoms with E-state index in [-0.39, 0.29) is 10.9 Å². The third kappa shape index (κ3) is 3.28. The van der Waals surface area contributed by atoms with Crippen LogP contribution >= 0.6 is 0 Å². The molecule has 0 saturated heterocycles. The van der Waals surface area contributed by atoms with E-state index in [1.165, 1.54) is 12.4 Å². The van der Waals surface area contributed by atoms with E-state index in [1.54, 1.807) is 18.2 Å². The zero-order valence-electron chi connectivity index (χ0n) is 18.8. The summed E-state index contributed by atoms with van der Waals surface area (Å²) >= 11 is 0. The summed E-state index contributed by atoms with van der Waals surface area (Å²) in [6.45, 7) is 2.02. The van der Waals surface area contributed by atoms with Gasteiger partial charge in [-0.05, 0) is 45.8 Å². The SMILES string of the molecule is Cc1c(-c2c3cc4ccccc4c(C(F)(F)F)c3nc[n+]2C)cc(N(C)C)c2ccccc12. The minimum Gasteiger partial charge on any atom is -0.377 e. The van der Waals surface area contributed by atoms with Crippen molar-refractivity contribution >= 4 is 38.1 Å². The molecule has 0 saturated carbocycles. The molecule has 6 heteroatoms. The number of nitrogens with zero attached hydrogens (tertiary/aromatic N) is 3. The van der Waals surface area contributed by atoms with E-state index in [1.807, 2.05) is 55.7 Å². The van der Waals surface area contributed by atoms with E-state index < -0.39 is 11.7 Å². The molecule has 0 atom stereocenters. The maximum absolute atomic E-state index is 14.3. The first-order valence-corrected chi connectivity index (χ1v) is 10.7. The molecule has 0 bridgehead atoms. The highest BCUT2D eigenvalue weighted by atomic mass is 19.4. The Morgan fingerprint density at radius 1 is 0.848 bits per heavy atom. The molecule has 33 heavy (non-hydrogen) atoms. The van der Waals surface area contributed by atoms with Gasteiger partial charge in [-0.25, -0.2) is 4.57 Å². The van der Waals surface area contributed by atoms with Crippen molar-refractivity contribution in [2.24, 2.45) is 7.05 Å². The van der Waals surface area contributed by atoms with Gasteiger partial charge in [0.15, 0.2) is 5.52 Å². The number of rotatable bonds is 2. The van der Waals surface area contributed by atoms with Crippen molar-refractivity contribution in [3.63, 3.8) is 0 Å². The molecule has 0 N–H and O–H groups in total. The second kappa shape index (κ2) is 7.44. The molecule has 0 spiro atoms. The van der Waals surface area contributed by atoms with E-state index in [2.05, 4.69) is 23.2 Å². The Balaban J connectivity index is 1.99. The summed E-state index contributed by atoms with van der Waals surface area (Å²) < 4.78 is 44.7. The molecular formula is C27H23F3N3+. The lowest BCUT2D eigenvalue weighted by molar-refractivity contribution is -0.662. The molecular weight excluding hydrogens is 423 g/mol. The first kappa shape index (κ1) is 21.2. The fraction of sp³-hybridized carbons (Fsp3) is 0.185. The van der Waals surface area contributed by atoms with Crippen LogP contribution in [0.25, 0.3) is 43.7 Å². The fourth-order valence-corrected chi connectivity index (χ4v) is 4.78. The van der Waals surface area contributed by atoms with Gasteiger partial charge in [-0.3, -0.25) is 0 Å². The van der Waals surface area contributed by atoms with Crippen molar-refractivity contribution in [2.75, 3.05) is 19.0 Å². The van der Waals surface area contributed by atoms with E-state index in [0.29, 0.717) is 16.5 Å². The van der Waals surface area contributed by atoms with Gasteiger partial charge in [0.05, 0.1) is 12.4 Å². The first-order chi connectivity index (χ1) is 15.7. The zero-order chi connectivity index (χ0) is 23.5. The predicted octanol–water partition coefficient (Wildman–Crippen LogP) is 6.43. The Morgan fingerprint density at radius 3 is 2.15 bits per heavy atom. The van der Waals surface area contributed by atoms with Gasteiger partial charge < -0.3 is 4.90 Å². The fourth-order valence-electron chi connectivity index (χ4n) is 4.78. The van der Waals surface area contributed by atoms with Crippen LogP contribution in [-0.2, 0) is 13.2 Å². The van der Waals surface area contributed by atoms with Crippen LogP contribution in [0.15, 0.2) is 67.0 Å². The average molecular weight is 446 g/mol. The van der Waals surface area contributed by atoms with Crippen molar-refractivity contribution < 1.29 is 17.7 Å². The molecule has 0 radical (unpaired) electrons. The summed E-state index contributed by atoms with van der Waals surface area (Å²) in [4.78, 5) is 6.30. The van der Waals surface area contributed by atoms with Crippen LogP contribution in [0.4, 0.5) is 18.9 Å². The van der Waals surface area contributed by atoms with E-state index >= 15 is 0 Å². The van der Waals surface area contributed by atoms with Crippen molar-refractivity contribution in [3.05, 3.63) is 78.1 Å². The summed E-state index contributed by atoms with van der Waals surface area (Å²) in [5.41, 5.74) is 2.89. The maximum atomic E-state index is 14.3. The van der Waals surface area contributed by atoms with Crippen molar-refractivity contribution in [3.8, 4) is 11.3 Å². The van der Waals surface area contributed by atoms with Crippen LogP contribution in [0, 0.1) is 6.92 Å². The van der Waals surface area contributed by atoms with Gasteiger partial charge in [0.2, 0.25) is 0 Å². The molecule has 4 aromatic carbocycles. The zero-order valence-corrected chi connectivity index (χ0v) is 18.8. The van der Waals surface area contributed by atoms with Crippen LogP contribution in [0.3, 0.4) is 0 Å². The Labute approximate surface area is 189 Å². The molecule has 0 fully saturated rings. The lowest BCUT2D eigenvalue weighted by atomic mass is 9.92. The normalized spacial score (nSPS) is 12.1. The van der Waals surface area contributed by atoms with Crippen LogP contribution in [0.1, 0.15) is 11.1 Å². The molecule has 0 amide bonds. The van der Waals surface area contributed by atoms with Gasteiger partial charge in [0.1, 0.15) is 11.3 Å². The third-order valence-electron chi connectivity index (χ3n) is 6.30. The molecule has 0 aliphatic rings. The van der Waals surface area contributed by atoms with Gasteiger partial charge in [-0.15, -0.1) is 0 Å². The molecule has 0 unspecified atom stereocenters. The summed E-state index contributed by atoms with van der Waals surface area (Å²) in [5, 5.41) is 3.35. The second-order valence-corrected chi connectivity index (χ2v) is 8.58. The molecule has 166 valence electrons. The predicted molar refractivity (Wildman–Crippen MR) is 127 cm³/mol. The summed E-state index contributed by atoms with van der Waals surface area (Å²) in [5.74, 6) is 0. The summed E-state index contributed by atoms with van der Waals surface area (Å²) in [7, 11) is 5.77. The molecule has 3 nitrogen and oxygen atoms in total. The number of aromatic nitrogens is 2. The number of aryl methyl sites for hydroxylation is 2. The monoisotopic (exact) mass is 446 g/mol. The summed E-state index contributed by atoms with van der Waals surface area (Å²) in [6, 6.07) is 18.6. The lowest BCUT2D eigenvalue weighted by Gasteiger charge is -2.20. The number of alkyl halides is 3. The van der Waals surface area contributed by atoms with Crippen LogP contribution in [0.2, 0.25) is 0 Å². The van der Waals surface area contributed by atoms with E-state index in [9.17, 15) is 13.2 Å². The number of hydrogen-bond donors (Lipinski definition) is 0. The van der Waals surface area contributed by atoms with Crippen molar-refractivity contribution in [2.45, 2.75) is 13.1 Å². The lowest BCUT2D eigenvalue weighted by Crippen LogP contribution is -2.32. The van der Waals surface area contributed by atoms with Gasteiger partial charge in [0, 0.05) is 30.7 Å². The third-order valence-corrected chi connectivity index (χ3v) is 6.30. The molecule has 0 aliphatic heterocycles. The van der Waals surface area contributed by atoms with Crippen LogP contribution < -0.4 is 9.47 Å². The average Bonchev–Trinajstić information content (AvgIpc) is 2.77. The van der Waals surface area contributed by atoms with E-state index in [0.717, 1.165) is 27.6 Å². The number of anilines is 1. The Kier molecular flexibility index (Phi) is 4.78. The van der Waals surface area contributed by atoms with Gasteiger partial charge >= 0.3 is 6.18 Å². The number of benzene rings is 4. The molecule has 1 aromatic heterocycles. The molecule has 0 aliphatic carbocycles. The topological polar surface area (TPSA) is 20.0 Å². The summed E-state index contributed by atoms with van der Waals surface area (Å²) in [6.07, 6.45) is -3.05. The highest BCUT2D eigenvalue weighted by Crippen LogP contribution is 2.43. The Hall–Kier alpha value is -3.67. The van der Waals surface area contributed by atoms with Crippen LogP contribution in [-0.4, -0.2) is 19.1 Å². The number of hydrogen-bond acceptors (Lipinski definition) is 2. The van der Waals surface area contributed by atoms with Gasteiger partial charge in [-0.2, -0.15) is 13.2 Å². The second-order valence-electron chi connectivity index (χ2n) is 8.58. The highest BCUT2D eigenvalue weighted by molar-refractivity contribution is 6.07. The number of fused-ring (bicyclic) bond motifs is 3. The Bertz CT molecular complexity index is 1550. The standard InChI is InChI=1S/C27H23F3N3/c1-16-18-10-7-8-12-20(18)23(32(2)3)14-21(16)26-22-13-17-9-5-6-11-19(17)24(27(28,29)30)25(22)31-15-33(26)4/h5-15H,1-4H3/q+1. The Morgan fingerprint density at radius 2 is 1.48 bits per heavy atom. The largest absolute Gasteiger partial charge is 0.421 e. The van der Waals surface area contributed by atoms with Crippen molar-refractivity contribution in [1.29, 1.82) is 0 Å². The molecule has 5 rings (SSSR count). The molecule has 5 aromatic rings. The van der Waals surface area contributed by atoms with Crippen molar-refractivity contribution in [1.82, 2.24) is 4.98 Å². The number of halogens is 3.